The molecule has 0 saturated carbocycles. The number of rotatable bonds is 2. The standard InChI is InChI=1S/C13H18BF3NO3/c1-13(2,3)21-12(19)18-7-9(11-5-4-6-20-11)10(8-18)14(15,16)17/h4-6,9-10H,7-8H2,1-3H3/q-1. The molecule has 118 valence electrons. The second kappa shape index (κ2) is 5.31. The molecule has 2 rings (SSSR count). The second-order valence-electron chi connectivity index (χ2n) is 6.30. The SMILES string of the molecule is CC(C)(C)OC(=O)N1CC(c2ccco2)C([B-](F)(F)F)C1. The molecule has 0 spiro atoms. The molecule has 1 aliphatic heterocycles. The molecule has 1 aromatic rings. The summed E-state index contributed by atoms with van der Waals surface area (Å²) >= 11 is 0. The minimum absolute atomic E-state index is 0.0473. The van der Waals surface area contributed by atoms with Crippen molar-refractivity contribution in [3.05, 3.63) is 24.2 Å². The third kappa shape index (κ3) is 3.74. The molecule has 8 heteroatoms. The zero-order valence-corrected chi connectivity index (χ0v) is 12.2. The van der Waals surface area contributed by atoms with E-state index in [4.69, 9.17) is 9.15 Å². The van der Waals surface area contributed by atoms with E-state index >= 15 is 0 Å². The van der Waals surface area contributed by atoms with E-state index in [1.54, 1.807) is 26.8 Å². The number of carbonyl (C=O) groups excluding carboxylic acids is 1. The first-order valence-electron chi connectivity index (χ1n) is 6.79. The summed E-state index contributed by atoms with van der Waals surface area (Å²) in [7, 11) is 0. The van der Waals surface area contributed by atoms with Gasteiger partial charge in [-0.2, -0.15) is 0 Å². The van der Waals surface area contributed by atoms with Gasteiger partial charge in [-0.15, -0.1) is 0 Å². The largest absolute Gasteiger partial charge is 0.483 e. The molecule has 1 fully saturated rings. The Kier molecular flexibility index (Phi) is 3.99. The highest BCUT2D eigenvalue weighted by atomic mass is 19.4. The number of hydrogen-bond donors (Lipinski definition) is 0. The first-order chi connectivity index (χ1) is 9.58. The van der Waals surface area contributed by atoms with Gasteiger partial charge in [-0.1, -0.05) is 0 Å². The lowest BCUT2D eigenvalue weighted by molar-refractivity contribution is 0.0291. The van der Waals surface area contributed by atoms with Gasteiger partial charge in [-0.05, 0) is 38.7 Å². The lowest BCUT2D eigenvalue weighted by Gasteiger charge is -2.26. The Morgan fingerprint density at radius 1 is 1.38 bits per heavy atom. The van der Waals surface area contributed by atoms with Crippen molar-refractivity contribution in [1.82, 2.24) is 4.90 Å². The molecule has 4 nitrogen and oxygen atoms in total. The van der Waals surface area contributed by atoms with Gasteiger partial charge in [0.2, 0.25) is 0 Å². The van der Waals surface area contributed by atoms with E-state index < -0.39 is 30.4 Å². The van der Waals surface area contributed by atoms with Crippen LogP contribution in [-0.2, 0) is 4.74 Å². The van der Waals surface area contributed by atoms with Crippen LogP contribution in [0.25, 0.3) is 0 Å². The molecule has 0 N–H and O–H groups in total. The monoisotopic (exact) mass is 304 g/mol. The molecule has 1 aliphatic rings. The third-order valence-corrected chi connectivity index (χ3v) is 3.41. The predicted molar refractivity (Wildman–Crippen MR) is 72.1 cm³/mol. The molecule has 1 aromatic heterocycles. The van der Waals surface area contributed by atoms with Crippen molar-refractivity contribution in [2.45, 2.75) is 38.1 Å². The van der Waals surface area contributed by atoms with Gasteiger partial charge in [-0.3, -0.25) is 0 Å². The van der Waals surface area contributed by atoms with E-state index in [-0.39, 0.29) is 18.8 Å². The van der Waals surface area contributed by atoms with Crippen molar-refractivity contribution in [2.24, 2.45) is 0 Å². The molecule has 2 heterocycles. The summed E-state index contributed by atoms with van der Waals surface area (Å²) in [5.41, 5.74) is -0.737. The molecule has 0 radical (unpaired) electrons. The highest BCUT2D eigenvalue weighted by Gasteiger charge is 2.48. The van der Waals surface area contributed by atoms with Crippen LogP contribution in [0.15, 0.2) is 22.8 Å². The summed E-state index contributed by atoms with van der Waals surface area (Å²) in [6.07, 6.45) is 0.618. The van der Waals surface area contributed by atoms with Gasteiger partial charge in [0.05, 0.1) is 6.26 Å². The highest BCUT2D eigenvalue weighted by molar-refractivity contribution is 6.60. The Morgan fingerprint density at radius 2 is 2.05 bits per heavy atom. The Bertz CT molecular complexity index is 496. The van der Waals surface area contributed by atoms with Gasteiger partial charge in [-0.25, -0.2) is 4.79 Å². The number of amides is 1. The third-order valence-electron chi connectivity index (χ3n) is 3.41. The second-order valence-corrected chi connectivity index (χ2v) is 6.30. The minimum Gasteiger partial charge on any atom is -0.469 e. The zero-order chi connectivity index (χ0) is 15.8. The fourth-order valence-corrected chi connectivity index (χ4v) is 2.49. The van der Waals surface area contributed by atoms with Gasteiger partial charge in [0, 0.05) is 19.0 Å². The van der Waals surface area contributed by atoms with Crippen LogP contribution < -0.4 is 0 Å². The van der Waals surface area contributed by atoms with Gasteiger partial charge < -0.3 is 27.0 Å². The number of ether oxygens (including phenoxy) is 1. The van der Waals surface area contributed by atoms with E-state index in [1.807, 2.05) is 0 Å². The molecular weight excluding hydrogens is 286 g/mol. The van der Waals surface area contributed by atoms with E-state index in [1.165, 1.54) is 12.3 Å². The van der Waals surface area contributed by atoms with Crippen LogP contribution in [-0.4, -0.2) is 36.7 Å². The number of carbonyl (C=O) groups is 1. The lowest BCUT2D eigenvalue weighted by atomic mass is 9.66. The first-order valence-corrected chi connectivity index (χ1v) is 6.79. The van der Waals surface area contributed by atoms with Crippen LogP contribution in [0.1, 0.15) is 32.4 Å². The van der Waals surface area contributed by atoms with Crippen molar-refractivity contribution >= 4 is 13.1 Å². The van der Waals surface area contributed by atoms with Gasteiger partial charge >= 0.3 is 13.1 Å². The molecule has 21 heavy (non-hydrogen) atoms. The maximum absolute atomic E-state index is 13.2. The molecular formula is C13H18BF3NO3-. The molecule has 2 unspecified atom stereocenters. The van der Waals surface area contributed by atoms with Crippen molar-refractivity contribution < 1.29 is 26.9 Å². The quantitative estimate of drug-likeness (QED) is 0.780. The first kappa shape index (κ1) is 15.8. The summed E-state index contributed by atoms with van der Waals surface area (Å²) in [4.78, 5) is 13.1. The lowest BCUT2D eigenvalue weighted by Crippen LogP contribution is -2.36. The van der Waals surface area contributed by atoms with E-state index in [0.29, 0.717) is 0 Å². The number of furan rings is 1. The van der Waals surface area contributed by atoms with E-state index in [0.717, 1.165) is 4.90 Å². The van der Waals surface area contributed by atoms with Crippen molar-refractivity contribution in [2.75, 3.05) is 13.1 Å². The maximum Gasteiger partial charge on any atom is 0.483 e. The van der Waals surface area contributed by atoms with Crippen molar-refractivity contribution in [1.29, 1.82) is 0 Å². The Balaban J connectivity index is 2.17. The number of hydrogen-bond acceptors (Lipinski definition) is 3. The van der Waals surface area contributed by atoms with Gasteiger partial charge in [0.25, 0.3) is 0 Å². The normalized spacial score (nSPS) is 23.4. The number of nitrogens with zero attached hydrogens (tertiary/aromatic N) is 1. The summed E-state index contributed by atoms with van der Waals surface area (Å²) < 4.78 is 49.9. The molecule has 0 aliphatic carbocycles. The highest BCUT2D eigenvalue weighted by Crippen LogP contribution is 2.45. The predicted octanol–water partition coefficient (Wildman–Crippen LogP) is 3.83. The average molecular weight is 304 g/mol. The van der Waals surface area contributed by atoms with Crippen LogP contribution >= 0.6 is 0 Å². The Morgan fingerprint density at radius 3 is 2.52 bits per heavy atom. The minimum atomic E-state index is -5.07. The fourth-order valence-electron chi connectivity index (χ4n) is 2.49. The average Bonchev–Trinajstić information content (AvgIpc) is 2.94. The van der Waals surface area contributed by atoms with E-state index in [9.17, 15) is 17.7 Å². The summed E-state index contributed by atoms with van der Waals surface area (Å²) in [6, 6.07) is 3.06. The molecule has 0 aromatic carbocycles. The van der Waals surface area contributed by atoms with Gasteiger partial charge in [0.15, 0.2) is 0 Å². The van der Waals surface area contributed by atoms with E-state index in [2.05, 4.69) is 0 Å². The Hall–Kier alpha value is -1.60. The summed E-state index contributed by atoms with van der Waals surface area (Å²) in [6.45, 7) is -0.474. The van der Waals surface area contributed by atoms with Crippen LogP contribution in [0, 0.1) is 0 Å². The molecule has 2 atom stereocenters. The van der Waals surface area contributed by atoms with Crippen LogP contribution in [0.4, 0.5) is 17.7 Å². The molecule has 1 saturated heterocycles. The fraction of sp³-hybridized carbons (Fsp3) is 0.615. The molecule has 1 amide bonds. The van der Waals surface area contributed by atoms with Crippen LogP contribution in [0.2, 0.25) is 5.82 Å². The van der Waals surface area contributed by atoms with Gasteiger partial charge in [0.1, 0.15) is 11.4 Å². The topological polar surface area (TPSA) is 42.7 Å². The summed E-state index contributed by atoms with van der Waals surface area (Å²) in [5.74, 6) is -2.19. The smallest absolute Gasteiger partial charge is 0.469 e. The maximum atomic E-state index is 13.2. The zero-order valence-electron chi connectivity index (χ0n) is 12.2. The van der Waals surface area contributed by atoms with Crippen LogP contribution in [0.3, 0.4) is 0 Å². The van der Waals surface area contributed by atoms with Crippen molar-refractivity contribution in [3.8, 4) is 0 Å². The van der Waals surface area contributed by atoms with Crippen molar-refractivity contribution in [3.63, 3.8) is 0 Å². The van der Waals surface area contributed by atoms with Crippen LogP contribution in [0.5, 0.6) is 0 Å². The molecule has 0 bridgehead atoms. The number of likely N-dealkylation sites (tertiary alicyclic amines) is 1. The summed E-state index contributed by atoms with van der Waals surface area (Å²) in [5, 5.41) is 0. The Labute approximate surface area is 121 Å². The number of halogens is 3.